The van der Waals surface area contributed by atoms with Gasteiger partial charge in [-0.2, -0.15) is 5.26 Å². The molecule has 8 nitrogen and oxygen atoms in total. The topological polar surface area (TPSA) is 128 Å². The number of aliphatic hydroxyl groups is 2. The van der Waals surface area contributed by atoms with Crippen LogP contribution in [0.5, 0.6) is 0 Å². The Morgan fingerprint density at radius 3 is 2.89 bits per heavy atom. The molecule has 3 atom stereocenters. The van der Waals surface area contributed by atoms with Gasteiger partial charge in [0.15, 0.2) is 0 Å². The van der Waals surface area contributed by atoms with Gasteiger partial charge in [-0.3, -0.25) is 14.3 Å². The Labute approximate surface area is 107 Å². The summed E-state index contributed by atoms with van der Waals surface area (Å²) in [7, 11) is 0. The van der Waals surface area contributed by atoms with Crippen molar-refractivity contribution in [1.82, 2.24) is 9.55 Å². The van der Waals surface area contributed by atoms with E-state index < -0.39 is 35.8 Å². The lowest BCUT2D eigenvalue weighted by Crippen LogP contribution is -2.44. The Kier molecular flexibility index (Phi) is 3.28. The van der Waals surface area contributed by atoms with Crippen LogP contribution in [-0.4, -0.2) is 38.6 Å². The summed E-state index contributed by atoms with van der Waals surface area (Å²) in [5.41, 5.74) is -2.84. The Morgan fingerprint density at radius 2 is 2.37 bits per heavy atom. The minimum Gasteiger partial charge on any atom is -0.394 e. The number of H-pyrrole nitrogens is 1. The van der Waals surface area contributed by atoms with E-state index in [4.69, 9.17) is 9.84 Å². The van der Waals surface area contributed by atoms with E-state index in [0.29, 0.717) is 0 Å². The average molecular weight is 267 g/mol. The van der Waals surface area contributed by atoms with Crippen molar-refractivity contribution in [2.24, 2.45) is 0 Å². The van der Waals surface area contributed by atoms with Crippen molar-refractivity contribution in [1.29, 1.82) is 5.26 Å². The zero-order valence-electron chi connectivity index (χ0n) is 10.2. The third-order valence-corrected chi connectivity index (χ3v) is 3.13. The molecule has 1 aromatic heterocycles. The molecule has 2 rings (SSSR count). The number of hydrogen-bond donors (Lipinski definition) is 3. The van der Waals surface area contributed by atoms with Crippen molar-refractivity contribution < 1.29 is 14.9 Å². The molecule has 1 aliphatic heterocycles. The Bertz CT molecular complexity index is 643. The largest absolute Gasteiger partial charge is 0.394 e. The van der Waals surface area contributed by atoms with E-state index in [9.17, 15) is 20.0 Å². The smallest absolute Gasteiger partial charge is 0.331 e. The molecule has 1 unspecified atom stereocenters. The summed E-state index contributed by atoms with van der Waals surface area (Å²) in [6, 6.07) is 1.82. The van der Waals surface area contributed by atoms with Crippen LogP contribution in [-0.2, 0) is 10.5 Å². The zero-order valence-corrected chi connectivity index (χ0v) is 10.2. The van der Waals surface area contributed by atoms with E-state index in [1.807, 2.05) is 6.07 Å². The van der Waals surface area contributed by atoms with E-state index in [0.717, 1.165) is 4.57 Å². The Balaban J connectivity index is 2.56. The molecule has 0 amide bonds. The Hall–Kier alpha value is -1.95. The molecule has 1 saturated heterocycles. The molecule has 19 heavy (non-hydrogen) atoms. The highest BCUT2D eigenvalue weighted by molar-refractivity contribution is 5.10. The molecule has 0 saturated carbocycles. The fourth-order valence-electron chi connectivity index (χ4n) is 2.07. The van der Waals surface area contributed by atoms with Gasteiger partial charge in [-0.15, -0.1) is 0 Å². The van der Waals surface area contributed by atoms with Gasteiger partial charge < -0.3 is 14.9 Å². The highest BCUT2D eigenvalue weighted by Gasteiger charge is 2.48. The van der Waals surface area contributed by atoms with E-state index in [2.05, 4.69) is 4.98 Å². The number of rotatable bonds is 2. The molecule has 1 aromatic rings. The standard InChI is InChI=1S/C11H13N3O5/c1-6-3-14(10(18)13-9(6)17)11(5-12)2-7(16)8(4-15)19-11/h3,7-8,15-16H,2,4H2,1H3,(H,13,17,18)/t7-,8+,11?/m0/s1. The second kappa shape index (κ2) is 4.62. The summed E-state index contributed by atoms with van der Waals surface area (Å²) >= 11 is 0. The van der Waals surface area contributed by atoms with Gasteiger partial charge in [0, 0.05) is 18.2 Å². The molecule has 1 aliphatic rings. The van der Waals surface area contributed by atoms with Crippen molar-refractivity contribution in [2.45, 2.75) is 31.3 Å². The molecule has 0 aromatic carbocycles. The minimum absolute atomic E-state index is 0.167. The number of nitrogens with one attached hydrogen (secondary N) is 1. The first-order valence-corrected chi connectivity index (χ1v) is 5.64. The lowest BCUT2D eigenvalue weighted by Gasteiger charge is -2.23. The van der Waals surface area contributed by atoms with Crippen LogP contribution >= 0.6 is 0 Å². The van der Waals surface area contributed by atoms with Crippen LogP contribution in [0.4, 0.5) is 0 Å². The number of nitrogens with zero attached hydrogens (tertiary/aromatic N) is 2. The zero-order chi connectivity index (χ0) is 14.2. The summed E-state index contributed by atoms with van der Waals surface area (Å²) in [5.74, 6) is 0. The molecule has 0 aliphatic carbocycles. The van der Waals surface area contributed by atoms with Gasteiger partial charge in [-0.1, -0.05) is 0 Å². The highest BCUT2D eigenvalue weighted by atomic mass is 16.6. The van der Waals surface area contributed by atoms with Gasteiger partial charge in [-0.05, 0) is 6.92 Å². The van der Waals surface area contributed by atoms with Crippen LogP contribution in [0.1, 0.15) is 12.0 Å². The molecule has 1 fully saturated rings. The molecule has 3 N–H and O–H groups in total. The van der Waals surface area contributed by atoms with E-state index in [1.54, 1.807) is 0 Å². The van der Waals surface area contributed by atoms with E-state index in [-0.39, 0.29) is 12.0 Å². The lowest BCUT2D eigenvalue weighted by atomic mass is 10.1. The number of ether oxygens (including phenoxy) is 1. The van der Waals surface area contributed by atoms with Gasteiger partial charge >= 0.3 is 5.69 Å². The summed E-state index contributed by atoms with van der Waals surface area (Å²) in [4.78, 5) is 25.1. The first-order chi connectivity index (χ1) is 8.93. The predicted molar refractivity (Wildman–Crippen MR) is 62.2 cm³/mol. The number of aliphatic hydroxyl groups excluding tert-OH is 2. The van der Waals surface area contributed by atoms with Crippen LogP contribution in [0, 0.1) is 18.3 Å². The molecular formula is C11H13N3O5. The van der Waals surface area contributed by atoms with Gasteiger partial charge in [-0.25, -0.2) is 4.79 Å². The number of hydrogen-bond acceptors (Lipinski definition) is 6. The maximum Gasteiger partial charge on any atom is 0.331 e. The fraction of sp³-hybridized carbons (Fsp3) is 0.545. The van der Waals surface area contributed by atoms with Crippen molar-refractivity contribution in [2.75, 3.05) is 6.61 Å². The minimum atomic E-state index is -1.72. The van der Waals surface area contributed by atoms with Crippen LogP contribution in [0.2, 0.25) is 0 Å². The fourth-order valence-corrected chi connectivity index (χ4v) is 2.07. The summed E-state index contributed by atoms with van der Waals surface area (Å²) in [5, 5.41) is 28.0. The SMILES string of the molecule is Cc1cn(C2(C#N)C[C@H](O)[C@@H](CO)O2)c(=O)[nH]c1=O. The highest BCUT2D eigenvalue weighted by Crippen LogP contribution is 2.33. The van der Waals surface area contributed by atoms with Crippen molar-refractivity contribution in [3.63, 3.8) is 0 Å². The summed E-state index contributed by atoms with van der Waals surface area (Å²) in [6.07, 6.45) is -0.973. The summed E-state index contributed by atoms with van der Waals surface area (Å²) in [6.45, 7) is 1.01. The number of aromatic nitrogens is 2. The predicted octanol–water partition coefficient (Wildman–Crippen LogP) is -1.84. The van der Waals surface area contributed by atoms with E-state index >= 15 is 0 Å². The van der Waals surface area contributed by atoms with Gasteiger partial charge in [0.05, 0.1) is 12.7 Å². The second-order valence-electron chi connectivity index (χ2n) is 4.45. The second-order valence-corrected chi connectivity index (χ2v) is 4.45. The Morgan fingerprint density at radius 1 is 1.68 bits per heavy atom. The van der Waals surface area contributed by atoms with Crippen molar-refractivity contribution in [3.05, 3.63) is 32.6 Å². The summed E-state index contributed by atoms with van der Waals surface area (Å²) < 4.78 is 6.23. The number of nitriles is 1. The third-order valence-electron chi connectivity index (χ3n) is 3.13. The van der Waals surface area contributed by atoms with Gasteiger partial charge in [0.2, 0.25) is 5.72 Å². The molecular weight excluding hydrogens is 254 g/mol. The molecule has 0 radical (unpaired) electrons. The maximum atomic E-state index is 11.8. The van der Waals surface area contributed by atoms with Crippen molar-refractivity contribution >= 4 is 0 Å². The number of aryl methyl sites for hydroxylation is 1. The molecule has 2 heterocycles. The van der Waals surface area contributed by atoms with Crippen LogP contribution in [0.25, 0.3) is 0 Å². The first kappa shape index (κ1) is 13.5. The molecule has 102 valence electrons. The quantitative estimate of drug-likeness (QED) is 0.577. The third kappa shape index (κ3) is 2.08. The average Bonchev–Trinajstić information content (AvgIpc) is 2.71. The van der Waals surface area contributed by atoms with Crippen LogP contribution in [0.15, 0.2) is 15.8 Å². The monoisotopic (exact) mass is 267 g/mol. The van der Waals surface area contributed by atoms with Crippen LogP contribution < -0.4 is 11.2 Å². The first-order valence-electron chi connectivity index (χ1n) is 5.64. The van der Waals surface area contributed by atoms with Crippen LogP contribution in [0.3, 0.4) is 0 Å². The molecule has 8 heteroatoms. The van der Waals surface area contributed by atoms with Gasteiger partial charge in [0.25, 0.3) is 5.56 Å². The van der Waals surface area contributed by atoms with Gasteiger partial charge in [0.1, 0.15) is 12.2 Å². The maximum absolute atomic E-state index is 11.8. The molecule has 0 bridgehead atoms. The normalized spacial score (nSPS) is 30.2. The molecule has 0 spiro atoms. The van der Waals surface area contributed by atoms with Crippen molar-refractivity contribution in [3.8, 4) is 6.07 Å². The lowest BCUT2D eigenvalue weighted by molar-refractivity contribution is -0.0848. The number of aromatic amines is 1. The van der Waals surface area contributed by atoms with E-state index in [1.165, 1.54) is 13.1 Å².